The number of fused-ring (bicyclic) bond motifs is 2. The molecule has 0 bridgehead atoms. The highest BCUT2D eigenvalue weighted by molar-refractivity contribution is 5.94. The minimum Gasteiger partial charge on any atom is -0.507 e. The third kappa shape index (κ3) is 4.76. The monoisotopic (exact) mass is 545 g/mol. The van der Waals surface area contributed by atoms with Gasteiger partial charge < -0.3 is 20.0 Å². The Hall–Kier alpha value is -5.17. The first-order chi connectivity index (χ1) is 19.9. The first kappa shape index (κ1) is 26.1. The van der Waals surface area contributed by atoms with Crippen molar-refractivity contribution in [3.63, 3.8) is 0 Å². The number of aromatic nitrogens is 2. The van der Waals surface area contributed by atoms with Gasteiger partial charge in [0.1, 0.15) is 11.6 Å². The van der Waals surface area contributed by atoms with Crippen molar-refractivity contribution in [2.45, 2.75) is 12.3 Å². The molecule has 0 spiro atoms. The predicted molar refractivity (Wildman–Crippen MR) is 159 cm³/mol. The largest absolute Gasteiger partial charge is 0.507 e. The maximum Gasteiger partial charge on any atom is 0.258 e. The van der Waals surface area contributed by atoms with Crippen LogP contribution in [-0.4, -0.2) is 27.1 Å². The number of aromatic amines is 1. The number of nitrogens with one attached hydrogen (secondary N) is 2. The molecule has 41 heavy (non-hydrogen) atoms. The number of para-hydroxylation sites is 2. The number of carbonyl (C=O) groups excluding carboxylic acids is 1. The van der Waals surface area contributed by atoms with Gasteiger partial charge in [0.05, 0.1) is 17.0 Å². The van der Waals surface area contributed by atoms with Crippen molar-refractivity contribution < 1.29 is 14.3 Å². The minimum atomic E-state index is -0.804. The molecule has 0 aliphatic heterocycles. The Bertz CT molecular complexity index is 1960. The number of benzene rings is 4. The van der Waals surface area contributed by atoms with Gasteiger partial charge in [-0.3, -0.25) is 9.59 Å². The molecule has 0 aliphatic carbocycles. The summed E-state index contributed by atoms with van der Waals surface area (Å²) in [6.07, 6.45) is 0.443. The Morgan fingerprint density at radius 1 is 0.927 bits per heavy atom. The smallest absolute Gasteiger partial charge is 0.258 e. The minimum absolute atomic E-state index is 0.139. The molecule has 6 rings (SSSR count). The Morgan fingerprint density at radius 2 is 1.63 bits per heavy atom. The lowest BCUT2D eigenvalue weighted by Crippen LogP contribution is -2.27. The highest BCUT2D eigenvalue weighted by Crippen LogP contribution is 2.41. The van der Waals surface area contributed by atoms with Crippen LogP contribution in [0, 0.1) is 5.82 Å². The summed E-state index contributed by atoms with van der Waals surface area (Å²) in [6.45, 7) is 0.333. The number of halogens is 1. The van der Waals surface area contributed by atoms with Crippen LogP contribution in [-0.2, 0) is 13.5 Å². The summed E-state index contributed by atoms with van der Waals surface area (Å²) in [6, 6.07) is 30.0. The second-order valence-corrected chi connectivity index (χ2v) is 10.1. The highest BCUT2D eigenvalue weighted by atomic mass is 19.1. The SMILES string of the molecule is Cn1c(=O)c(C(c2cccc(F)c2)c2[nH]c3ccccc3c2CCNC(=O)c2ccccc2)c(O)c2ccccc21. The third-order valence-electron chi connectivity index (χ3n) is 7.61. The van der Waals surface area contributed by atoms with Crippen molar-refractivity contribution in [1.29, 1.82) is 0 Å². The first-order valence-corrected chi connectivity index (χ1v) is 13.4. The Balaban J connectivity index is 1.53. The van der Waals surface area contributed by atoms with Crippen molar-refractivity contribution >= 4 is 27.7 Å². The second kappa shape index (κ2) is 10.8. The van der Waals surface area contributed by atoms with Crippen molar-refractivity contribution in [3.8, 4) is 5.75 Å². The molecule has 0 saturated heterocycles. The zero-order valence-corrected chi connectivity index (χ0v) is 22.4. The van der Waals surface area contributed by atoms with Gasteiger partial charge in [-0.15, -0.1) is 0 Å². The van der Waals surface area contributed by atoms with Crippen LogP contribution in [0.15, 0.2) is 108 Å². The van der Waals surface area contributed by atoms with Gasteiger partial charge >= 0.3 is 0 Å². The van der Waals surface area contributed by atoms with Crippen LogP contribution in [0.25, 0.3) is 21.8 Å². The van der Waals surface area contributed by atoms with Gasteiger partial charge in [0.15, 0.2) is 0 Å². The van der Waals surface area contributed by atoms with Crippen LogP contribution in [0.3, 0.4) is 0 Å². The van der Waals surface area contributed by atoms with E-state index in [1.165, 1.54) is 16.7 Å². The summed E-state index contributed by atoms with van der Waals surface area (Å²) >= 11 is 0. The van der Waals surface area contributed by atoms with Gasteiger partial charge in [0, 0.05) is 41.1 Å². The first-order valence-electron chi connectivity index (χ1n) is 13.4. The number of nitrogens with zero attached hydrogens (tertiary/aromatic N) is 1. The van der Waals surface area contributed by atoms with Crippen LogP contribution in [0.1, 0.15) is 38.7 Å². The van der Waals surface area contributed by atoms with E-state index in [4.69, 9.17) is 0 Å². The van der Waals surface area contributed by atoms with E-state index in [9.17, 15) is 19.1 Å². The van der Waals surface area contributed by atoms with E-state index >= 15 is 0 Å². The van der Waals surface area contributed by atoms with Crippen LogP contribution >= 0.6 is 0 Å². The van der Waals surface area contributed by atoms with Crippen LogP contribution < -0.4 is 10.9 Å². The lowest BCUT2D eigenvalue weighted by atomic mass is 9.85. The number of rotatable bonds is 7. The fourth-order valence-corrected chi connectivity index (χ4v) is 5.66. The average Bonchev–Trinajstić information content (AvgIpc) is 3.36. The Labute approximate surface area is 235 Å². The Kier molecular flexibility index (Phi) is 6.85. The average molecular weight is 546 g/mol. The molecule has 0 fully saturated rings. The summed E-state index contributed by atoms with van der Waals surface area (Å²) in [5.41, 5.74) is 3.83. The fraction of sp³-hybridized carbons (Fsp3) is 0.118. The molecule has 1 amide bonds. The van der Waals surface area contributed by atoms with Gasteiger partial charge in [-0.05, 0) is 60.0 Å². The van der Waals surface area contributed by atoms with Crippen LogP contribution in [0.5, 0.6) is 5.75 Å². The molecular formula is C34H28FN3O3. The van der Waals surface area contributed by atoms with Gasteiger partial charge in [0.2, 0.25) is 0 Å². The van der Waals surface area contributed by atoms with E-state index < -0.39 is 11.7 Å². The van der Waals surface area contributed by atoms with E-state index in [-0.39, 0.29) is 22.8 Å². The van der Waals surface area contributed by atoms with E-state index in [1.807, 2.05) is 48.5 Å². The van der Waals surface area contributed by atoms with E-state index in [1.54, 1.807) is 49.5 Å². The predicted octanol–water partition coefficient (Wildman–Crippen LogP) is 6.02. The number of aromatic hydroxyl groups is 1. The van der Waals surface area contributed by atoms with Crippen molar-refractivity contribution in [2.24, 2.45) is 7.05 Å². The van der Waals surface area contributed by atoms with Gasteiger partial charge in [-0.25, -0.2) is 4.39 Å². The molecule has 0 saturated carbocycles. The standard InChI is InChI=1S/C34H28FN3O3/c1-38-28-17-8-6-15-26(28)32(39)30(34(38)41)29(22-12-9-13-23(35)20-22)31-25(24-14-5-7-16-27(24)37-31)18-19-36-33(40)21-10-3-2-4-11-21/h2-17,20,29,37,39H,18-19H2,1H3,(H,36,40). The summed E-state index contributed by atoms with van der Waals surface area (Å²) in [5, 5.41) is 16.0. The second-order valence-electron chi connectivity index (χ2n) is 10.1. The maximum atomic E-state index is 14.6. The molecule has 2 aromatic heterocycles. The molecule has 0 aliphatic rings. The molecule has 0 radical (unpaired) electrons. The summed E-state index contributed by atoms with van der Waals surface area (Å²) in [7, 11) is 1.67. The number of H-pyrrole nitrogens is 1. The molecule has 1 unspecified atom stereocenters. The summed E-state index contributed by atoms with van der Waals surface area (Å²) < 4.78 is 16.2. The molecule has 2 heterocycles. The zero-order chi connectivity index (χ0) is 28.5. The summed E-state index contributed by atoms with van der Waals surface area (Å²) in [4.78, 5) is 30.1. The number of pyridine rings is 1. The van der Waals surface area contributed by atoms with Crippen molar-refractivity contribution in [3.05, 3.63) is 147 Å². The lowest BCUT2D eigenvalue weighted by Gasteiger charge is -2.22. The molecule has 7 heteroatoms. The molecule has 204 valence electrons. The number of hydrogen-bond donors (Lipinski definition) is 3. The molecular weight excluding hydrogens is 517 g/mol. The number of carbonyl (C=O) groups is 1. The topological polar surface area (TPSA) is 87.1 Å². The van der Waals surface area contributed by atoms with Crippen LogP contribution in [0.4, 0.5) is 4.39 Å². The Morgan fingerprint density at radius 3 is 2.41 bits per heavy atom. The molecule has 3 N–H and O–H groups in total. The fourth-order valence-electron chi connectivity index (χ4n) is 5.66. The zero-order valence-electron chi connectivity index (χ0n) is 22.4. The molecule has 4 aromatic carbocycles. The number of aryl methyl sites for hydroxylation is 1. The number of hydrogen-bond acceptors (Lipinski definition) is 3. The van der Waals surface area contributed by atoms with Gasteiger partial charge in [-0.2, -0.15) is 0 Å². The van der Waals surface area contributed by atoms with Gasteiger partial charge in [0.25, 0.3) is 11.5 Å². The van der Waals surface area contributed by atoms with E-state index in [2.05, 4.69) is 10.3 Å². The number of amides is 1. The van der Waals surface area contributed by atoms with Crippen molar-refractivity contribution in [1.82, 2.24) is 14.9 Å². The van der Waals surface area contributed by atoms with Gasteiger partial charge in [-0.1, -0.05) is 60.7 Å². The van der Waals surface area contributed by atoms with E-state index in [0.29, 0.717) is 40.7 Å². The molecule has 1 atom stereocenters. The molecule has 6 aromatic rings. The summed E-state index contributed by atoms with van der Waals surface area (Å²) in [5.74, 6) is -1.58. The quantitative estimate of drug-likeness (QED) is 0.229. The third-order valence-corrected chi connectivity index (χ3v) is 7.61. The normalized spacial score (nSPS) is 12.0. The van der Waals surface area contributed by atoms with Crippen LogP contribution in [0.2, 0.25) is 0 Å². The highest BCUT2D eigenvalue weighted by Gasteiger charge is 2.30. The lowest BCUT2D eigenvalue weighted by molar-refractivity contribution is 0.0954. The van der Waals surface area contributed by atoms with Crippen molar-refractivity contribution in [2.75, 3.05) is 6.54 Å². The van der Waals surface area contributed by atoms with E-state index in [0.717, 1.165) is 16.5 Å². The maximum absolute atomic E-state index is 14.6. The molecule has 6 nitrogen and oxygen atoms in total.